The number of rotatable bonds is 3. The normalized spacial score (nSPS) is 35.8. The van der Waals surface area contributed by atoms with E-state index in [1.165, 1.54) is 0 Å². The smallest absolute Gasteiger partial charge is 0.308 e. The summed E-state index contributed by atoms with van der Waals surface area (Å²) >= 11 is 0. The molecule has 5 rings (SSSR count). The summed E-state index contributed by atoms with van der Waals surface area (Å²) in [5.41, 5.74) is 0. The minimum absolute atomic E-state index is 0.0870. The Labute approximate surface area is 142 Å². The molecule has 0 aromatic carbocycles. The second kappa shape index (κ2) is 6.05. The highest BCUT2D eigenvalue weighted by atomic mass is 16.4. The zero-order chi connectivity index (χ0) is 16.8. The van der Waals surface area contributed by atoms with Gasteiger partial charge in [-0.25, -0.2) is 0 Å². The van der Waals surface area contributed by atoms with Gasteiger partial charge in [-0.2, -0.15) is 0 Å². The fraction of sp³-hybridized carbons (Fsp3) is 0.833. The number of likely N-dealkylation sites (tertiary alicyclic amines) is 1. The fourth-order valence-electron chi connectivity index (χ4n) is 4.91. The molecule has 0 spiro atoms. The van der Waals surface area contributed by atoms with Gasteiger partial charge in [0.15, 0.2) is 0 Å². The number of hydrogen-bond donors (Lipinski definition) is 1. The standard InChI is InChI=1S/C18H26N2O4/c21-16(12-4-5-12)19-7-1-2-13(10-19)17(22)20-9-11-3-6-15(20)14(8-11)18(23)24/h11-15H,1-10H2,(H,23,24)/t11-,13?,14-,15+/m1/s1. The number of carboxylic acids is 1. The topological polar surface area (TPSA) is 77.9 Å². The van der Waals surface area contributed by atoms with E-state index in [9.17, 15) is 19.5 Å². The Morgan fingerprint density at radius 1 is 0.875 bits per heavy atom. The molecule has 2 bridgehead atoms. The van der Waals surface area contributed by atoms with E-state index in [4.69, 9.17) is 0 Å². The Balaban J connectivity index is 1.44. The van der Waals surface area contributed by atoms with E-state index in [2.05, 4.69) is 0 Å². The predicted octanol–water partition coefficient (Wildman–Crippen LogP) is 1.35. The molecule has 2 saturated carbocycles. The van der Waals surface area contributed by atoms with Crippen molar-refractivity contribution in [1.29, 1.82) is 0 Å². The Morgan fingerprint density at radius 2 is 1.67 bits per heavy atom. The van der Waals surface area contributed by atoms with Crippen molar-refractivity contribution in [2.24, 2.45) is 23.7 Å². The van der Waals surface area contributed by atoms with Crippen LogP contribution in [-0.2, 0) is 14.4 Å². The molecule has 5 fully saturated rings. The maximum atomic E-state index is 13.1. The van der Waals surface area contributed by atoms with Crippen LogP contribution in [0, 0.1) is 23.7 Å². The summed E-state index contributed by atoms with van der Waals surface area (Å²) in [7, 11) is 0. The maximum Gasteiger partial charge on any atom is 0.308 e. The van der Waals surface area contributed by atoms with Gasteiger partial charge in [-0.1, -0.05) is 0 Å². The lowest BCUT2D eigenvalue weighted by Gasteiger charge is -2.50. The zero-order valence-corrected chi connectivity index (χ0v) is 14.0. The van der Waals surface area contributed by atoms with E-state index in [-0.39, 0.29) is 29.7 Å². The Morgan fingerprint density at radius 3 is 2.33 bits per heavy atom. The van der Waals surface area contributed by atoms with Crippen LogP contribution in [-0.4, -0.2) is 58.4 Å². The third-order valence-electron chi connectivity index (χ3n) is 6.39. The van der Waals surface area contributed by atoms with Gasteiger partial charge in [-0.05, 0) is 50.9 Å². The van der Waals surface area contributed by atoms with Crippen LogP contribution < -0.4 is 0 Å². The van der Waals surface area contributed by atoms with Crippen molar-refractivity contribution in [2.45, 2.75) is 51.0 Å². The molecule has 0 aromatic rings. The summed E-state index contributed by atoms with van der Waals surface area (Å²) in [5.74, 6) is -0.491. The highest BCUT2D eigenvalue weighted by molar-refractivity contribution is 5.84. The van der Waals surface area contributed by atoms with Crippen LogP contribution in [0.15, 0.2) is 0 Å². The van der Waals surface area contributed by atoms with Crippen molar-refractivity contribution in [2.75, 3.05) is 19.6 Å². The molecule has 1 unspecified atom stereocenters. The Hall–Kier alpha value is -1.59. The first-order valence-corrected chi connectivity index (χ1v) is 9.36. The van der Waals surface area contributed by atoms with Crippen LogP contribution in [0.5, 0.6) is 0 Å². The minimum Gasteiger partial charge on any atom is -0.481 e. The maximum absolute atomic E-state index is 13.1. The lowest BCUT2D eigenvalue weighted by Crippen LogP contribution is -2.59. The number of carbonyl (C=O) groups is 3. The van der Waals surface area contributed by atoms with Gasteiger partial charge in [0.25, 0.3) is 0 Å². The second-order valence-electron chi connectivity index (χ2n) is 8.08. The van der Waals surface area contributed by atoms with Gasteiger partial charge in [0.2, 0.25) is 11.8 Å². The Bertz CT molecular complexity index is 559. The summed E-state index contributed by atoms with van der Waals surface area (Å²) in [4.78, 5) is 40.6. The molecule has 2 amide bonds. The second-order valence-corrected chi connectivity index (χ2v) is 8.08. The van der Waals surface area contributed by atoms with Crippen LogP contribution >= 0.6 is 0 Å². The predicted molar refractivity (Wildman–Crippen MR) is 86.0 cm³/mol. The molecule has 6 heteroatoms. The third-order valence-corrected chi connectivity index (χ3v) is 6.39. The van der Waals surface area contributed by atoms with Crippen molar-refractivity contribution in [3.63, 3.8) is 0 Å². The highest BCUT2D eigenvalue weighted by Crippen LogP contribution is 2.40. The van der Waals surface area contributed by atoms with Crippen LogP contribution in [0.2, 0.25) is 0 Å². The van der Waals surface area contributed by atoms with Crippen LogP contribution in [0.4, 0.5) is 0 Å². The van der Waals surface area contributed by atoms with Crippen molar-refractivity contribution in [3.05, 3.63) is 0 Å². The number of piperidine rings is 3. The molecule has 2 aliphatic carbocycles. The SMILES string of the molecule is O=C(O)[C@@H]1C[C@H]2CC[C@@H]1N(C(=O)C1CCCN(C(=O)C3CC3)C1)C2. The molecule has 5 aliphatic rings. The first-order valence-electron chi connectivity index (χ1n) is 9.36. The van der Waals surface area contributed by atoms with E-state index in [0.717, 1.165) is 45.1 Å². The molecular weight excluding hydrogens is 308 g/mol. The number of fused-ring (bicyclic) bond motifs is 3. The largest absolute Gasteiger partial charge is 0.481 e. The van der Waals surface area contributed by atoms with Gasteiger partial charge in [0.05, 0.1) is 11.8 Å². The summed E-state index contributed by atoms with van der Waals surface area (Å²) in [6.07, 6.45) is 6.23. The summed E-state index contributed by atoms with van der Waals surface area (Å²) in [6, 6.07) is -0.144. The number of nitrogens with zero attached hydrogens (tertiary/aromatic N) is 2. The van der Waals surface area contributed by atoms with E-state index in [1.807, 2.05) is 9.80 Å². The number of carbonyl (C=O) groups excluding carboxylic acids is 2. The van der Waals surface area contributed by atoms with Gasteiger partial charge in [-0.3, -0.25) is 14.4 Å². The van der Waals surface area contributed by atoms with Crippen LogP contribution in [0.3, 0.4) is 0 Å². The fourth-order valence-corrected chi connectivity index (χ4v) is 4.91. The van der Waals surface area contributed by atoms with E-state index >= 15 is 0 Å². The zero-order valence-electron chi connectivity index (χ0n) is 14.0. The average molecular weight is 334 g/mol. The molecule has 3 saturated heterocycles. The van der Waals surface area contributed by atoms with E-state index < -0.39 is 11.9 Å². The monoisotopic (exact) mass is 334 g/mol. The molecule has 6 nitrogen and oxygen atoms in total. The summed E-state index contributed by atoms with van der Waals surface area (Å²) in [6.45, 7) is 2.00. The minimum atomic E-state index is -0.767. The molecule has 132 valence electrons. The van der Waals surface area contributed by atoms with Crippen LogP contribution in [0.25, 0.3) is 0 Å². The number of amides is 2. The van der Waals surface area contributed by atoms with E-state index in [1.54, 1.807) is 0 Å². The van der Waals surface area contributed by atoms with Crippen molar-refractivity contribution >= 4 is 17.8 Å². The van der Waals surface area contributed by atoms with Gasteiger partial charge >= 0.3 is 5.97 Å². The van der Waals surface area contributed by atoms with Crippen LogP contribution in [0.1, 0.15) is 44.9 Å². The number of hydrogen-bond acceptors (Lipinski definition) is 3. The van der Waals surface area contributed by atoms with Crippen molar-refractivity contribution < 1.29 is 19.5 Å². The molecular formula is C18H26N2O4. The third kappa shape index (κ3) is 2.80. The quantitative estimate of drug-likeness (QED) is 0.845. The van der Waals surface area contributed by atoms with Gasteiger partial charge in [0.1, 0.15) is 0 Å². The lowest BCUT2D eigenvalue weighted by atomic mass is 9.72. The molecule has 3 heterocycles. The molecule has 24 heavy (non-hydrogen) atoms. The molecule has 0 aromatic heterocycles. The molecule has 3 aliphatic heterocycles. The summed E-state index contributed by atoms with van der Waals surface area (Å²) in [5, 5.41) is 9.46. The Kier molecular flexibility index (Phi) is 4.01. The van der Waals surface area contributed by atoms with E-state index in [0.29, 0.717) is 25.4 Å². The van der Waals surface area contributed by atoms with Crippen molar-refractivity contribution in [1.82, 2.24) is 9.80 Å². The molecule has 4 atom stereocenters. The van der Waals surface area contributed by atoms with Gasteiger partial charge < -0.3 is 14.9 Å². The first-order chi connectivity index (χ1) is 11.5. The summed E-state index contributed by atoms with van der Waals surface area (Å²) < 4.78 is 0. The molecule has 0 radical (unpaired) electrons. The average Bonchev–Trinajstić information content (AvgIpc) is 3.46. The molecule has 1 N–H and O–H groups in total. The van der Waals surface area contributed by atoms with Gasteiger partial charge in [0, 0.05) is 31.6 Å². The lowest BCUT2D eigenvalue weighted by molar-refractivity contribution is -0.158. The first kappa shape index (κ1) is 15.9. The van der Waals surface area contributed by atoms with Crippen molar-refractivity contribution in [3.8, 4) is 0 Å². The number of aliphatic carboxylic acids is 1. The highest BCUT2D eigenvalue weighted by Gasteiger charge is 2.47. The number of carboxylic acid groups (broad SMARTS) is 1. The van der Waals surface area contributed by atoms with Gasteiger partial charge in [-0.15, -0.1) is 0 Å².